The zero-order valence-corrected chi connectivity index (χ0v) is 18.0. The second-order valence-corrected chi connectivity index (χ2v) is 7.30. The van der Waals surface area contributed by atoms with Gasteiger partial charge in [0.1, 0.15) is 23.0 Å². The summed E-state index contributed by atoms with van der Waals surface area (Å²) in [5.74, 6) is 0.683. The number of carbonyl (C=O) groups excluding carboxylic acids is 1. The maximum absolute atomic E-state index is 12.9. The van der Waals surface area contributed by atoms with Crippen LogP contribution in [-0.4, -0.2) is 40.7 Å². The van der Waals surface area contributed by atoms with E-state index < -0.39 is 5.91 Å². The van der Waals surface area contributed by atoms with Crippen LogP contribution in [0.1, 0.15) is 23.8 Å². The molecule has 1 amide bonds. The number of hydrogen-bond acceptors (Lipinski definition) is 7. The zero-order chi connectivity index (χ0) is 22.4. The summed E-state index contributed by atoms with van der Waals surface area (Å²) in [7, 11) is 1.55. The molecule has 0 saturated heterocycles. The van der Waals surface area contributed by atoms with Crippen molar-refractivity contribution in [3.63, 3.8) is 0 Å². The molecule has 3 rings (SSSR count). The fraction of sp³-hybridized carbons (Fsp3) is 0.227. The molecule has 0 bridgehead atoms. The number of phenols is 1. The first-order valence-corrected chi connectivity index (χ1v) is 10.1. The number of aromatic nitrogens is 2. The molecule has 8 nitrogen and oxygen atoms in total. The minimum absolute atomic E-state index is 0.0500. The minimum atomic E-state index is -0.443. The van der Waals surface area contributed by atoms with E-state index in [0.29, 0.717) is 34.4 Å². The van der Waals surface area contributed by atoms with Crippen LogP contribution < -0.4 is 21.1 Å². The summed E-state index contributed by atoms with van der Waals surface area (Å²) in [4.78, 5) is 21.7. The van der Waals surface area contributed by atoms with E-state index in [9.17, 15) is 9.90 Å². The highest BCUT2D eigenvalue weighted by Crippen LogP contribution is 2.30. The summed E-state index contributed by atoms with van der Waals surface area (Å²) >= 11 is 6.08. The summed E-state index contributed by atoms with van der Waals surface area (Å²) in [5.41, 5.74) is 6.96. The molecule has 5 N–H and O–H groups in total. The maximum atomic E-state index is 12.9. The number of benzene rings is 2. The number of anilines is 2. The van der Waals surface area contributed by atoms with E-state index in [1.54, 1.807) is 37.4 Å². The molecular weight excluding hydrogens is 418 g/mol. The molecule has 0 radical (unpaired) electrons. The first-order chi connectivity index (χ1) is 14.9. The molecule has 3 aromatic rings. The van der Waals surface area contributed by atoms with Gasteiger partial charge in [-0.25, -0.2) is 9.97 Å². The van der Waals surface area contributed by atoms with Crippen molar-refractivity contribution in [2.45, 2.75) is 19.4 Å². The number of rotatable bonds is 8. The van der Waals surface area contributed by atoms with Gasteiger partial charge in [-0.1, -0.05) is 24.6 Å². The molecule has 0 unspecified atom stereocenters. The Hall–Kier alpha value is -3.36. The van der Waals surface area contributed by atoms with Gasteiger partial charge >= 0.3 is 0 Å². The van der Waals surface area contributed by atoms with Gasteiger partial charge < -0.3 is 26.2 Å². The molecular formula is C22H24ClN5O3. The molecule has 162 valence electrons. The van der Waals surface area contributed by atoms with Crippen LogP contribution in [0.25, 0.3) is 11.4 Å². The van der Waals surface area contributed by atoms with Crippen LogP contribution in [0, 0.1) is 0 Å². The lowest BCUT2D eigenvalue weighted by atomic mass is 10.1. The second kappa shape index (κ2) is 10.1. The van der Waals surface area contributed by atoms with E-state index in [0.717, 1.165) is 6.42 Å². The number of halogens is 1. The average Bonchev–Trinajstić information content (AvgIpc) is 2.78. The zero-order valence-electron chi connectivity index (χ0n) is 17.2. The summed E-state index contributed by atoms with van der Waals surface area (Å²) < 4.78 is 5.19. The van der Waals surface area contributed by atoms with Gasteiger partial charge in [0.2, 0.25) is 0 Å². The highest BCUT2D eigenvalue weighted by molar-refractivity contribution is 6.30. The van der Waals surface area contributed by atoms with Crippen molar-refractivity contribution >= 4 is 29.0 Å². The number of aromatic hydroxyl groups is 1. The summed E-state index contributed by atoms with van der Waals surface area (Å²) in [5, 5.41) is 16.6. The van der Waals surface area contributed by atoms with Crippen LogP contribution in [0.4, 0.5) is 11.5 Å². The molecule has 0 aliphatic carbocycles. The number of phenolic OH excluding ortho intramolecular Hbond substituents is 1. The predicted octanol–water partition coefficient (Wildman–Crippen LogP) is 3.91. The van der Waals surface area contributed by atoms with Crippen molar-refractivity contribution in [3.05, 3.63) is 59.2 Å². The number of methoxy groups -OCH3 is 1. The molecule has 0 aliphatic rings. The van der Waals surface area contributed by atoms with Gasteiger partial charge in [0.05, 0.1) is 12.7 Å². The number of nitrogens with one attached hydrogen (secondary N) is 2. The Morgan fingerprint density at radius 2 is 2.03 bits per heavy atom. The van der Waals surface area contributed by atoms with Crippen LogP contribution in [0.2, 0.25) is 5.02 Å². The van der Waals surface area contributed by atoms with Gasteiger partial charge in [0.25, 0.3) is 5.91 Å². The standard InChI is InChI=1S/C22H24ClN5O3/c1-3-14(24)12-25-20-11-18(22(30)26-15-5-4-6-16(10-15)31-2)27-21(28-20)17-9-13(23)7-8-19(17)29/h4-11,14,29H,3,12,24H2,1-2H3,(H,26,30)(H,25,27,28)/t14-/m1/s1. The third-order valence-corrected chi connectivity index (χ3v) is 4.79. The quantitative estimate of drug-likeness (QED) is 0.418. The van der Waals surface area contributed by atoms with E-state index in [4.69, 9.17) is 22.1 Å². The lowest BCUT2D eigenvalue weighted by molar-refractivity contribution is 0.102. The summed E-state index contributed by atoms with van der Waals surface area (Å²) in [6.45, 7) is 2.44. The fourth-order valence-corrected chi connectivity index (χ4v) is 2.91. The molecule has 1 aromatic heterocycles. The number of nitrogens with zero attached hydrogens (tertiary/aromatic N) is 2. The van der Waals surface area contributed by atoms with Crippen LogP contribution in [0.5, 0.6) is 11.5 Å². The number of hydrogen-bond donors (Lipinski definition) is 4. The highest BCUT2D eigenvalue weighted by atomic mass is 35.5. The van der Waals surface area contributed by atoms with E-state index in [1.165, 1.54) is 18.2 Å². The number of amides is 1. The molecule has 1 heterocycles. The Bertz CT molecular complexity index is 1080. The number of ether oxygens (including phenoxy) is 1. The monoisotopic (exact) mass is 441 g/mol. The molecule has 0 spiro atoms. The fourth-order valence-electron chi connectivity index (χ4n) is 2.74. The maximum Gasteiger partial charge on any atom is 0.274 e. The SMILES string of the molecule is CC[C@@H](N)CNc1cc(C(=O)Nc2cccc(OC)c2)nc(-c2cc(Cl)ccc2O)n1. The molecule has 0 aliphatic heterocycles. The lowest BCUT2D eigenvalue weighted by Gasteiger charge is -2.14. The van der Waals surface area contributed by atoms with Crippen LogP contribution in [0.3, 0.4) is 0 Å². The lowest BCUT2D eigenvalue weighted by Crippen LogP contribution is -2.28. The van der Waals surface area contributed by atoms with Gasteiger partial charge in [0, 0.05) is 35.4 Å². The van der Waals surface area contributed by atoms with Crippen molar-refractivity contribution in [3.8, 4) is 22.9 Å². The van der Waals surface area contributed by atoms with Crippen molar-refractivity contribution in [2.24, 2.45) is 5.73 Å². The Morgan fingerprint density at radius 3 is 2.77 bits per heavy atom. The van der Waals surface area contributed by atoms with Gasteiger partial charge in [-0.3, -0.25) is 4.79 Å². The molecule has 0 saturated carbocycles. The van der Waals surface area contributed by atoms with E-state index in [-0.39, 0.29) is 23.3 Å². The summed E-state index contributed by atoms with van der Waals surface area (Å²) in [6, 6.07) is 13.0. The molecule has 1 atom stereocenters. The van der Waals surface area contributed by atoms with E-state index in [1.807, 2.05) is 6.92 Å². The van der Waals surface area contributed by atoms with Gasteiger partial charge in [-0.05, 0) is 36.8 Å². The Balaban J connectivity index is 1.97. The number of carbonyl (C=O) groups is 1. The Kier molecular flexibility index (Phi) is 7.28. The predicted molar refractivity (Wildman–Crippen MR) is 122 cm³/mol. The molecule has 2 aromatic carbocycles. The summed E-state index contributed by atoms with van der Waals surface area (Å²) in [6.07, 6.45) is 0.781. The van der Waals surface area contributed by atoms with Crippen molar-refractivity contribution < 1.29 is 14.6 Å². The van der Waals surface area contributed by atoms with Gasteiger partial charge in [-0.2, -0.15) is 0 Å². The van der Waals surface area contributed by atoms with Crippen molar-refractivity contribution in [2.75, 3.05) is 24.3 Å². The molecule has 9 heteroatoms. The first-order valence-electron chi connectivity index (χ1n) is 9.72. The third-order valence-electron chi connectivity index (χ3n) is 4.56. The Morgan fingerprint density at radius 1 is 1.23 bits per heavy atom. The highest BCUT2D eigenvalue weighted by Gasteiger charge is 2.16. The van der Waals surface area contributed by atoms with Crippen molar-refractivity contribution in [1.29, 1.82) is 0 Å². The van der Waals surface area contributed by atoms with E-state index in [2.05, 4.69) is 20.6 Å². The van der Waals surface area contributed by atoms with Crippen LogP contribution in [0.15, 0.2) is 48.5 Å². The van der Waals surface area contributed by atoms with Gasteiger partial charge in [0.15, 0.2) is 5.82 Å². The average molecular weight is 442 g/mol. The van der Waals surface area contributed by atoms with E-state index >= 15 is 0 Å². The second-order valence-electron chi connectivity index (χ2n) is 6.86. The van der Waals surface area contributed by atoms with Crippen LogP contribution in [-0.2, 0) is 0 Å². The largest absolute Gasteiger partial charge is 0.507 e. The Labute approximate surface area is 185 Å². The topological polar surface area (TPSA) is 122 Å². The smallest absolute Gasteiger partial charge is 0.274 e. The van der Waals surface area contributed by atoms with Crippen molar-refractivity contribution in [1.82, 2.24) is 9.97 Å². The van der Waals surface area contributed by atoms with Gasteiger partial charge in [-0.15, -0.1) is 0 Å². The normalized spacial score (nSPS) is 11.6. The molecule has 31 heavy (non-hydrogen) atoms. The minimum Gasteiger partial charge on any atom is -0.507 e. The third kappa shape index (κ3) is 5.84. The number of nitrogens with two attached hydrogens (primary N) is 1. The van der Waals surface area contributed by atoms with Crippen LogP contribution >= 0.6 is 11.6 Å². The first kappa shape index (κ1) is 22.3. The molecule has 0 fully saturated rings.